The third kappa shape index (κ3) is 5.79. The van der Waals surface area contributed by atoms with Gasteiger partial charge < -0.3 is 5.32 Å². The minimum Gasteiger partial charge on any atom is -0.315 e. The number of rotatable bonds is 7. The van der Waals surface area contributed by atoms with Crippen LogP contribution in [0.25, 0.3) is 0 Å². The van der Waals surface area contributed by atoms with E-state index < -0.39 is 10.0 Å². The highest BCUT2D eigenvalue weighted by Crippen LogP contribution is 1.91. The van der Waals surface area contributed by atoms with E-state index in [2.05, 4.69) is 11.9 Å². The van der Waals surface area contributed by atoms with Crippen LogP contribution in [0, 0.1) is 0 Å². The molecule has 4 nitrogen and oxygen atoms in total. The highest BCUT2D eigenvalue weighted by molar-refractivity contribution is 7.89. The van der Waals surface area contributed by atoms with E-state index in [1.165, 1.54) is 4.31 Å². The fourth-order valence-corrected chi connectivity index (χ4v) is 1.48. The summed E-state index contributed by atoms with van der Waals surface area (Å²) < 4.78 is 23.7. The summed E-state index contributed by atoms with van der Waals surface area (Å²) in [6.07, 6.45) is 2.66. The van der Waals surface area contributed by atoms with E-state index >= 15 is 0 Å². The third-order valence-corrected chi connectivity index (χ3v) is 3.45. The van der Waals surface area contributed by atoms with E-state index in [1.54, 1.807) is 20.2 Å². The third-order valence-electron chi connectivity index (χ3n) is 1.62. The van der Waals surface area contributed by atoms with Crippen molar-refractivity contribution in [2.24, 2.45) is 0 Å². The van der Waals surface area contributed by atoms with Crippen molar-refractivity contribution in [2.75, 3.05) is 32.9 Å². The summed E-state index contributed by atoms with van der Waals surface area (Å²) in [4.78, 5) is 0. The predicted molar refractivity (Wildman–Crippen MR) is 55.2 cm³/mol. The van der Waals surface area contributed by atoms with Gasteiger partial charge in [0, 0.05) is 20.6 Å². The Morgan fingerprint density at radius 2 is 2.00 bits per heavy atom. The van der Waals surface area contributed by atoms with Crippen LogP contribution in [0.5, 0.6) is 0 Å². The monoisotopic (exact) mass is 206 g/mol. The lowest BCUT2D eigenvalue weighted by molar-refractivity contribution is 0.517. The van der Waals surface area contributed by atoms with Gasteiger partial charge in [-0.15, -0.1) is 6.58 Å². The first-order chi connectivity index (χ1) is 6.00. The molecule has 1 N–H and O–H groups in total. The topological polar surface area (TPSA) is 49.4 Å². The molecule has 0 amide bonds. The fraction of sp³-hybridized carbons (Fsp3) is 0.750. The van der Waals surface area contributed by atoms with Gasteiger partial charge in [0.05, 0.1) is 5.75 Å². The van der Waals surface area contributed by atoms with Crippen LogP contribution in [0.3, 0.4) is 0 Å². The zero-order valence-corrected chi connectivity index (χ0v) is 9.10. The standard InChI is InChI=1S/C8H18N2O2S/c1-4-5-6-9-7-8-13(11,12)10(2)3/h4,9H,1,5-8H2,2-3H3. The molecule has 0 fully saturated rings. The van der Waals surface area contributed by atoms with Crippen molar-refractivity contribution in [1.29, 1.82) is 0 Å². The number of hydrogen-bond donors (Lipinski definition) is 1. The fourth-order valence-electron chi connectivity index (χ4n) is 0.713. The van der Waals surface area contributed by atoms with Gasteiger partial charge >= 0.3 is 0 Å². The molecule has 0 aliphatic heterocycles. The van der Waals surface area contributed by atoms with Crippen molar-refractivity contribution >= 4 is 10.0 Å². The Morgan fingerprint density at radius 3 is 2.46 bits per heavy atom. The molecule has 0 saturated heterocycles. The zero-order valence-electron chi connectivity index (χ0n) is 8.28. The van der Waals surface area contributed by atoms with Crippen molar-refractivity contribution in [3.8, 4) is 0 Å². The largest absolute Gasteiger partial charge is 0.315 e. The molecule has 5 heteroatoms. The van der Waals surface area contributed by atoms with Crippen LogP contribution in [0.1, 0.15) is 6.42 Å². The van der Waals surface area contributed by atoms with E-state index in [-0.39, 0.29) is 5.75 Å². The lowest BCUT2D eigenvalue weighted by Crippen LogP contribution is -2.31. The normalized spacial score (nSPS) is 11.9. The maximum absolute atomic E-state index is 11.2. The van der Waals surface area contributed by atoms with Crippen molar-refractivity contribution in [2.45, 2.75) is 6.42 Å². The Kier molecular flexibility index (Phi) is 5.94. The molecule has 0 radical (unpaired) electrons. The van der Waals surface area contributed by atoms with Gasteiger partial charge in [0.25, 0.3) is 0 Å². The Balaban J connectivity index is 3.59. The molecule has 13 heavy (non-hydrogen) atoms. The van der Waals surface area contributed by atoms with E-state index in [9.17, 15) is 8.42 Å². The average molecular weight is 206 g/mol. The van der Waals surface area contributed by atoms with Crippen LogP contribution < -0.4 is 5.32 Å². The SMILES string of the molecule is C=CCCNCCS(=O)(=O)N(C)C. The van der Waals surface area contributed by atoms with Crippen molar-refractivity contribution in [3.63, 3.8) is 0 Å². The average Bonchev–Trinajstić information content (AvgIpc) is 2.03. The summed E-state index contributed by atoms with van der Waals surface area (Å²) in [7, 11) is 0.0411. The Labute approximate surface area is 80.7 Å². The number of nitrogens with zero attached hydrogens (tertiary/aromatic N) is 1. The summed E-state index contributed by atoms with van der Waals surface area (Å²) in [5, 5.41) is 3.02. The molecular formula is C8H18N2O2S. The summed E-state index contributed by atoms with van der Waals surface area (Å²) in [6.45, 7) is 4.85. The van der Waals surface area contributed by atoms with Gasteiger partial charge in [-0.3, -0.25) is 0 Å². The molecule has 0 aliphatic rings. The highest BCUT2D eigenvalue weighted by atomic mass is 32.2. The van der Waals surface area contributed by atoms with Gasteiger partial charge in [0.1, 0.15) is 0 Å². The molecule has 0 rings (SSSR count). The predicted octanol–water partition coefficient (Wildman–Crippen LogP) is 0.0435. The number of nitrogens with one attached hydrogen (secondary N) is 1. The molecule has 0 unspecified atom stereocenters. The molecule has 0 atom stereocenters. The molecule has 0 spiro atoms. The van der Waals surface area contributed by atoms with E-state index in [0.717, 1.165) is 13.0 Å². The Bertz CT molecular complexity index is 235. The van der Waals surface area contributed by atoms with Gasteiger partial charge in [-0.25, -0.2) is 12.7 Å². The molecule has 0 bridgehead atoms. The first kappa shape index (κ1) is 12.6. The second-order valence-corrected chi connectivity index (χ2v) is 5.23. The second-order valence-electron chi connectivity index (χ2n) is 2.93. The summed E-state index contributed by atoms with van der Waals surface area (Å²) in [5.74, 6) is 0.150. The number of sulfonamides is 1. The molecule has 0 saturated carbocycles. The maximum Gasteiger partial charge on any atom is 0.214 e. The molecule has 0 aromatic rings. The van der Waals surface area contributed by atoms with Gasteiger partial charge in [0.15, 0.2) is 0 Å². The van der Waals surface area contributed by atoms with Crippen molar-refractivity contribution in [1.82, 2.24) is 9.62 Å². The molecule has 0 heterocycles. The van der Waals surface area contributed by atoms with E-state index in [4.69, 9.17) is 0 Å². The minimum absolute atomic E-state index is 0.150. The van der Waals surface area contributed by atoms with Crippen molar-refractivity contribution < 1.29 is 8.42 Å². The molecule has 0 aromatic heterocycles. The van der Waals surface area contributed by atoms with Gasteiger partial charge in [-0.2, -0.15) is 0 Å². The van der Waals surface area contributed by atoms with Crippen LogP contribution in [0.4, 0.5) is 0 Å². The van der Waals surface area contributed by atoms with Gasteiger partial charge in [0.2, 0.25) is 10.0 Å². The first-order valence-corrected chi connectivity index (χ1v) is 5.83. The second kappa shape index (κ2) is 6.12. The maximum atomic E-state index is 11.2. The van der Waals surface area contributed by atoms with Gasteiger partial charge in [-0.05, 0) is 13.0 Å². The summed E-state index contributed by atoms with van der Waals surface area (Å²) in [6, 6.07) is 0. The van der Waals surface area contributed by atoms with E-state index in [1.807, 2.05) is 0 Å². The zero-order chi connectivity index (χ0) is 10.3. The van der Waals surface area contributed by atoms with E-state index in [0.29, 0.717) is 6.54 Å². The molecule has 78 valence electrons. The minimum atomic E-state index is -3.04. The summed E-state index contributed by atoms with van der Waals surface area (Å²) >= 11 is 0. The molecule has 0 aromatic carbocycles. The lowest BCUT2D eigenvalue weighted by Gasteiger charge is -2.10. The molecule has 0 aliphatic carbocycles. The quantitative estimate of drug-likeness (QED) is 0.473. The van der Waals surface area contributed by atoms with Crippen LogP contribution in [-0.2, 0) is 10.0 Å². The summed E-state index contributed by atoms with van der Waals surface area (Å²) in [5.41, 5.74) is 0. The molecular weight excluding hydrogens is 188 g/mol. The van der Waals surface area contributed by atoms with Crippen LogP contribution in [-0.4, -0.2) is 45.7 Å². The van der Waals surface area contributed by atoms with Crippen LogP contribution in [0.2, 0.25) is 0 Å². The van der Waals surface area contributed by atoms with Crippen molar-refractivity contribution in [3.05, 3.63) is 12.7 Å². The van der Waals surface area contributed by atoms with Crippen LogP contribution >= 0.6 is 0 Å². The van der Waals surface area contributed by atoms with Crippen LogP contribution in [0.15, 0.2) is 12.7 Å². The smallest absolute Gasteiger partial charge is 0.214 e. The number of hydrogen-bond acceptors (Lipinski definition) is 3. The highest BCUT2D eigenvalue weighted by Gasteiger charge is 2.11. The lowest BCUT2D eigenvalue weighted by atomic mass is 10.4. The Morgan fingerprint density at radius 1 is 1.38 bits per heavy atom. The van der Waals surface area contributed by atoms with Gasteiger partial charge in [-0.1, -0.05) is 6.08 Å². The Hall–Kier alpha value is -0.390. The first-order valence-electron chi connectivity index (χ1n) is 4.22.